The number of likely N-dealkylation sites (N-methyl/N-ethyl adjacent to an activating group) is 1. The molecule has 3 nitrogen and oxygen atoms in total. The van der Waals surface area contributed by atoms with E-state index in [4.69, 9.17) is 32.9 Å². The van der Waals surface area contributed by atoms with Crippen molar-refractivity contribution in [1.29, 1.82) is 0 Å². The van der Waals surface area contributed by atoms with Crippen LogP contribution in [0.2, 0.25) is 0 Å². The normalized spacial score (nSPS) is 60.0. The zero-order valence-corrected chi connectivity index (χ0v) is 10.9. The molecule has 3 atom stereocenters. The zero-order chi connectivity index (χ0) is 36.3. The lowest BCUT2D eigenvalue weighted by molar-refractivity contribution is -0.0422. The SMILES string of the molecule is [2H]c1c([2H])c(C(C([2H])([2H])N(C([2H])([2H])[2H])C([2H])([2H])[2H])C2(O)C([2H])([2H])C([2H])([2H])C([2H])([2H])C([2H])(C)C2([2H])[2H])c([2H])c([2H])c1OC([2H])([2H])[2H]. The molecule has 0 aromatic heterocycles. The van der Waals surface area contributed by atoms with Crippen LogP contribution in [0.25, 0.3) is 0 Å². The third-order valence-corrected chi connectivity index (χ3v) is 2.57. The van der Waals surface area contributed by atoms with Crippen molar-refractivity contribution in [3.8, 4) is 5.75 Å². The largest absolute Gasteiger partial charge is 0.497 e. The van der Waals surface area contributed by atoms with E-state index < -0.39 is 111 Å². The van der Waals surface area contributed by atoms with Gasteiger partial charge in [0, 0.05) is 35.7 Å². The number of benzene rings is 1. The van der Waals surface area contributed by atoms with E-state index in [2.05, 4.69) is 4.74 Å². The van der Waals surface area contributed by atoms with Crippen LogP contribution in [0, 0.1) is 5.89 Å². The predicted molar refractivity (Wildman–Crippen MR) is 86.9 cm³/mol. The molecule has 1 aromatic carbocycles. The Morgan fingerprint density at radius 1 is 1.62 bits per heavy atom. The molecule has 1 saturated carbocycles. The lowest BCUT2D eigenvalue weighted by Gasteiger charge is -2.43. The van der Waals surface area contributed by atoms with Crippen LogP contribution in [0.15, 0.2) is 24.2 Å². The van der Waals surface area contributed by atoms with Gasteiger partial charge in [0.05, 0.1) is 22.2 Å². The molecule has 2 rings (SSSR count). The summed E-state index contributed by atoms with van der Waals surface area (Å²) in [6.45, 7) is -12.3. The van der Waals surface area contributed by atoms with Crippen LogP contribution in [-0.2, 0) is 0 Å². The van der Waals surface area contributed by atoms with Gasteiger partial charge in [0.25, 0.3) is 0 Å². The lowest BCUT2D eigenvalue weighted by atomic mass is 9.69. The minimum absolute atomic E-state index is 0.352. The highest BCUT2D eigenvalue weighted by Crippen LogP contribution is 2.42. The third kappa shape index (κ3) is 3.98. The number of nitrogens with zero attached hydrogens (tertiary/aromatic N) is 1. The maximum Gasteiger partial charge on any atom is 0.118 e. The van der Waals surface area contributed by atoms with Crippen molar-refractivity contribution < 1.29 is 42.7 Å². The van der Waals surface area contributed by atoms with Crippen molar-refractivity contribution in [2.75, 3.05) is 27.5 Å². The third-order valence-electron chi connectivity index (χ3n) is 2.57. The van der Waals surface area contributed by atoms with Gasteiger partial charge in [0.2, 0.25) is 0 Å². The van der Waals surface area contributed by atoms with Crippen LogP contribution in [-0.4, -0.2) is 43.1 Å². The molecule has 0 aliphatic heterocycles. The first-order chi connectivity index (χ1) is 19.3. The molecule has 1 N–H and O–H groups in total. The summed E-state index contributed by atoms with van der Waals surface area (Å²) in [7, 11) is -3.43. The van der Waals surface area contributed by atoms with Crippen LogP contribution in [0.5, 0.6) is 5.75 Å². The molecule has 1 aliphatic carbocycles. The first kappa shape index (κ1) is 3.54. The monoisotopic (exact) mass is 315 g/mol. The fraction of sp³-hybridized carbons (Fsp3) is 0.667. The van der Waals surface area contributed by atoms with Gasteiger partial charge in [-0.05, 0) is 50.2 Å². The maximum atomic E-state index is 12.2. The summed E-state index contributed by atoms with van der Waals surface area (Å²) in [5, 5.41) is 12.2. The summed E-state index contributed by atoms with van der Waals surface area (Å²) in [5.74, 6) is -8.62. The maximum absolute atomic E-state index is 12.2. The van der Waals surface area contributed by atoms with Gasteiger partial charge in [0.1, 0.15) is 5.75 Å². The highest BCUT2D eigenvalue weighted by molar-refractivity contribution is 5.31. The topological polar surface area (TPSA) is 32.7 Å². The summed E-state index contributed by atoms with van der Waals surface area (Å²) < 4.78 is 200. The van der Waals surface area contributed by atoms with Gasteiger partial charge in [-0.2, -0.15) is 0 Å². The standard InChI is InChI=1S/C18H29NO2/c1-14-6-5-11-18(20,12-14)17(13-19(2)3)15-7-9-16(21-4)10-8-15/h7-10,14,17,20H,5-6,11-13H2,1-4H3/i2D3,3D3,4D3,5D2,6D2,7D,8D,9D,10D,11D2,12D2,13D2,14D. The van der Waals surface area contributed by atoms with Crippen molar-refractivity contribution in [3.05, 3.63) is 29.7 Å². The van der Waals surface area contributed by atoms with Gasteiger partial charge in [-0.25, -0.2) is 0 Å². The van der Waals surface area contributed by atoms with Crippen LogP contribution in [0.1, 0.15) is 76.8 Å². The molecular formula is C18H29NO2. The van der Waals surface area contributed by atoms with Crippen molar-refractivity contribution in [3.63, 3.8) is 0 Å². The Labute approximate surface area is 162 Å². The molecule has 0 bridgehead atoms. The van der Waals surface area contributed by atoms with Crippen LogP contribution in [0.4, 0.5) is 0 Å². The average Bonchev–Trinajstić information content (AvgIpc) is 2.78. The molecule has 0 amide bonds. The number of hydrogen-bond donors (Lipinski definition) is 1. The summed E-state index contributed by atoms with van der Waals surface area (Å²) in [6, 6.07) is -6.21. The molecule has 0 saturated heterocycles. The van der Waals surface area contributed by atoms with Crippen molar-refractivity contribution in [2.45, 2.75) is 43.9 Å². The van der Waals surface area contributed by atoms with Gasteiger partial charge in [0.15, 0.2) is 0 Å². The molecule has 21 heavy (non-hydrogen) atoms. The fourth-order valence-corrected chi connectivity index (χ4v) is 1.72. The number of rotatable bonds is 5. The Kier molecular flexibility index (Phi) is 1.15. The number of hydrogen-bond acceptors (Lipinski definition) is 3. The Morgan fingerprint density at radius 2 is 2.38 bits per heavy atom. The van der Waals surface area contributed by atoms with Crippen molar-refractivity contribution >= 4 is 0 Å². The van der Waals surface area contributed by atoms with E-state index >= 15 is 0 Å². The summed E-state index contributed by atoms with van der Waals surface area (Å²) in [6.07, 6.45) is -16.9. The molecule has 3 heteroatoms. The van der Waals surface area contributed by atoms with E-state index in [1.165, 1.54) is 0 Å². The molecule has 0 radical (unpaired) electrons. The molecule has 3 unspecified atom stereocenters. The molecule has 118 valence electrons. The fourth-order valence-electron chi connectivity index (χ4n) is 1.72. The molecule has 0 spiro atoms. The highest BCUT2D eigenvalue weighted by atomic mass is 16.5. The molecule has 1 fully saturated rings. The van der Waals surface area contributed by atoms with E-state index in [1.807, 2.05) is 0 Å². The lowest BCUT2D eigenvalue weighted by Crippen LogP contribution is -2.44. The van der Waals surface area contributed by atoms with E-state index in [-0.39, 0.29) is 0 Å². The first-order valence-electron chi connectivity index (χ1n) is 17.7. The summed E-state index contributed by atoms with van der Waals surface area (Å²) in [4.78, 5) is -0.957. The molecule has 1 aromatic rings. The zero-order valence-electron chi connectivity index (χ0n) is 34.9. The van der Waals surface area contributed by atoms with Gasteiger partial charge in [-0.1, -0.05) is 31.8 Å². The van der Waals surface area contributed by atoms with E-state index in [9.17, 15) is 5.11 Å². The van der Waals surface area contributed by atoms with Crippen molar-refractivity contribution in [2.24, 2.45) is 5.89 Å². The van der Waals surface area contributed by atoms with E-state index in [0.29, 0.717) is 6.92 Å². The Bertz CT molecular complexity index is 1250. The number of ether oxygens (including phenoxy) is 1. The van der Waals surface area contributed by atoms with Crippen LogP contribution < -0.4 is 4.74 Å². The smallest absolute Gasteiger partial charge is 0.118 e. The van der Waals surface area contributed by atoms with Gasteiger partial charge in [-0.3, -0.25) is 0 Å². The Hall–Kier alpha value is -1.06. The molecule has 0 heterocycles. The average molecular weight is 316 g/mol. The first-order valence-corrected chi connectivity index (χ1v) is 5.67. The van der Waals surface area contributed by atoms with Gasteiger partial charge < -0.3 is 14.7 Å². The van der Waals surface area contributed by atoms with Crippen molar-refractivity contribution in [1.82, 2.24) is 4.90 Å². The second-order valence-electron chi connectivity index (χ2n) is 4.13. The highest BCUT2D eigenvalue weighted by Gasteiger charge is 2.40. The quantitative estimate of drug-likeness (QED) is 0.905. The minimum atomic E-state index is -4.65. The molecular weight excluding hydrogens is 262 g/mol. The van der Waals surface area contributed by atoms with E-state index in [0.717, 1.165) is 0 Å². The van der Waals surface area contributed by atoms with E-state index in [1.54, 1.807) is 0 Å². The predicted octanol–water partition coefficient (Wildman–Crippen LogP) is 3.28. The second kappa shape index (κ2) is 6.80. The van der Waals surface area contributed by atoms with Gasteiger partial charge >= 0.3 is 0 Å². The number of aliphatic hydroxyl groups is 1. The van der Waals surface area contributed by atoms with Gasteiger partial charge in [-0.15, -0.1) is 0 Å². The minimum Gasteiger partial charge on any atom is -0.497 e. The van der Waals surface area contributed by atoms with Crippen LogP contribution in [0.3, 0.4) is 0 Å². The Balaban J connectivity index is 3.43. The summed E-state index contributed by atoms with van der Waals surface area (Å²) in [5.41, 5.74) is -6.32. The van der Waals surface area contributed by atoms with Crippen LogP contribution >= 0.6 is 0 Å². The number of methoxy groups -OCH3 is 1. The second-order valence-corrected chi connectivity index (χ2v) is 4.13. The molecule has 1 aliphatic rings. The Morgan fingerprint density at radius 3 is 3.05 bits per heavy atom. The summed E-state index contributed by atoms with van der Waals surface area (Å²) >= 11 is 0.